The molecule has 0 aromatic carbocycles. The molecule has 0 radical (unpaired) electrons. The van der Waals surface area contributed by atoms with E-state index in [0.717, 1.165) is 6.42 Å². The lowest BCUT2D eigenvalue weighted by Crippen LogP contribution is -2.47. The average Bonchev–Trinajstić information content (AvgIpc) is 2.13. The van der Waals surface area contributed by atoms with Crippen LogP contribution >= 0.6 is 0 Å². The van der Waals surface area contributed by atoms with E-state index in [-0.39, 0.29) is 0 Å². The summed E-state index contributed by atoms with van der Waals surface area (Å²) >= 11 is 0. The molecule has 0 aliphatic heterocycles. The molecule has 0 saturated heterocycles. The minimum Gasteiger partial charge on any atom is -0.355 e. The highest BCUT2D eigenvalue weighted by Crippen LogP contribution is 2.09. The van der Waals surface area contributed by atoms with Crippen LogP contribution < -0.4 is 0 Å². The highest BCUT2D eigenvalue weighted by Gasteiger charge is 2.42. The second kappa shape index (κ2) is 6.56. The Morgan fingerprint density at radius 3 is 1.92 bits per heavy atom. The van der Waals surface area contributed by atoms with Gasteiger partial charge in [-0.25, -0.2) is 0 Å². The first kappa shape index (κ1) is 12.1. The van der Waals surface area contributed by atoms with Gasteiger partial charge in [-0.1, -0.05) is 6.92 Å². The van der Waals surface area contributed by atoms with Gasteiger partial charge in [0.05, 0.1) is 0 Å². The molecule has 0 aromatic rings. The molecule has 0 rings (SSSR count). The lowest BCUT2D eigenvalue weighted by Gasteiger charge is -2.23. The Balaban J connectivity index is 3.95. The van der Waals surface area contributed by atoms with Gasteiger partial charge in [-0.2, -0.15) is 0 Å². The third kappa shape index (κ3) is 3.64. The van der Waals surface area contributed by atoms with Crippen molar-refractivity contribution in [2.45, 2.75) is 20.3 Å². The molecular weight excluding hydrogens is 176 g/mol. The quantitative estimate of drug-likeness (QED) is 0.570. The normalized spacial score (nSPS) is 12.0. The molecule has 5 heteroatoms. The van der Waals surface area contributed by atoms with Gasteiger partial charge in [-0.3, -0.25) is 0 Å². The predicted molar refractivity (Wildman–Crippen MR) is 47.6 cm³/mol. The number of hydrogen-bond acceptors (Lipinski definition) is 4. The van der Waals surface area contributed by atoms with E-state index in [4.69, 9.17) is 17.7 Å². The Morgan fingerprint density at radius 1 is 1.00 bits per heavy atom. The second-order valence-corrected chi connectivity index (χ2v) is 4.58. The fourth-order valence-electron chi connectivity index (χ4n) is 0.765. The van der Waals surface area contributed by atoms with Crippen molar-refractivity contribution in [1.82, 2.24) is 0 Å². The molecule has 0 spiro atoms. The summed E-state index contributed by atoms with van der Waals surface area (Å²) in [6.45, 7) is 5.05. The third-order valence-corrected chi connectivity index (χ3v) is 3.50. The summed E-state index contributed by atoms with van der Waals surface area (Å²) in [4.78, 5) is 0. The number of hydrogen-bond donors (Lipinski definition) is 0. The van der Waals surface area contributed by atoms with Crippen molar-refractivity contribution in [2.75, 3.05) is 27.4 Å². The fourth-order valence-corrected chi connectivity index (χ4v) is 2.29. The van der Waals surface area contributed by atoms with Crippen LogP contribution in [0, 0.1) is 0 Å². The van der Waals surface area contributed by atoms with Gasteiger partial charge in [-0.05, 0) is 13.3 Å². The molecule has 0 aliphatic carbocycles. The van der Waals surface area contributed by atoms with E-state index in [1.165, 1.54) is 0 Å². The zero-order chi connectivity index (χ0) is 9.45. The van der Waals surface area contributed by atoms with Gasteiger partial charge in [0.15, 0.2) is 0 Å². The van der Waals surface area contributed by atoms with Crippen LogP contribution in [0.3, 0.4) is 0 Å². The molecule has 4 nitrogen and oxygen atoms in total. The molecule has 0 N–H and O–H groups in total. The molecule has 0 unspecified atom stereocenters. The molecule has 74 valence electrons. The van der Waals surface area contributed by atoms with Crippen molar-refractivity contribution in [3.8, 4) is 0 Å². The first-order chi connectivity index (χ1) is 5.74. The Bertz CT molecular complexity index is 106. The maximum Gasteiger partial charge on any atom is 0.679 e. The van der Waals surface area contributed by atoms with Gasteiger partial charge < -0.3 is 17.7 Å². The summed E-state index contributed by atoms with van der Waals surface area (Å²) in [5, 5.41) is 0. The number of rotatable bonds is 7. The molecule has 0 heterocycles. The van der Waals surface area contributed by atoms with E-state index < -0.39 is 9.05 Å². The van der Waals surface area contributed by atoms with Gasteiger partial charge in [-0.15, -0.1) is 0 Å². The summed E-state index contributed by atoms with van der Waals surface area (Å²) in [5.41, 5.74) is 0. The Kier molecular flexibility index (Phi) is 6.59. The van der Waals surface area contributed by atoms with Crippen LogP contribution in [0.5, 0.6) is 0 Å². The summed E-state index contributed by atoms with van der Waals surface area (Å²) in [6, 6.07) is 0. The van der Waals surface area contributed by atoms with Crippen molar-refractivity contribution < 1.29 is 17.7 Å². The van der Waals surface area contributed by atoms with Gasteiger partial charge in [0.1, 0.15) is 0 Å². The molecule has 0 fully saturated rings. The first-order valence-corrected chi connectivity index (χ1v) is 5.76. The van der Waals surface area contributed by atoms with Crippen LogP contribution in [0.4, 0.5) is 0 Å². The topological polar surface area (TPSA) is 36.9 Å². The SMILES string of the molecule is CCCO[Si](OC)(OC)OCC. The van der Waals surface area contributed by atoms with Crippen molar-refractivity contribution in [1.29, 1.82) is 0 Å². The molecule has 0 aliphatic rings. The van der Waals surface area contributed by atoms with E-state index in [0.29, 0.717) is 13.2 Å². The van der Waals surface area contributed by atoms with E-state index in [2.05, 4.69) is 0 Å². The zero-order valence-electron chi connectivity index (χ0n) is 8.25. The lowest BCUT2D eigenvalue weighted by molar-refractivity contribution is -0.00577. The minimum absolute atomic E-state index is 0.539. The van der Waals surface area contributed by atoms with Crippen molar-refractivity contribution in [2.24, 2.45) is 0 Å². The predicted octanol–water partition coefficient (Wildman–Crippen LogP) is 1.18. The molecule has 0 saturated carbocycles. The van der Waals surface area contributed by atoms with Crippen molar-refractivity contribution in [3.63, 3.8) is 0 Å². The largest absolute Gasteiger partial charge is 0.679 e. The fraction of sp³-hybridized carbons (Fsp3) is 1.00. The van der Waals surface area contributed by atoms with Gasteiger partial charge in [0.2, 0.25) is 0 Å². The molecule has 0 bridgehead atoms. The van der Waals surface area contributed by atoms with Crippen molar-refractivity contribution >= 4 is 9.05 Å². The van der Waals surface area contributed by atoms with Crippen LogP contribution in [-0.2, 0) is 17.7 Å². The molecule has 0 atom stereocenters. The summed E-state index contributed by atoms with van der Waals surface area (Å²) in [5.74, 6) is 0. The maximum absolute atomic E-state index is 5.39. The molecule has 0 amide bonds. The van der Waals surface area contributed by atoms with Crippen LogP contribution in [0.1, 0.15) is 20.3 Å². The molecule has 0 aromatic heterocycles. The van der Waals surface area contributed by atoms with E-state index in [1.54, 1.807) is 14.2 Å². The van der Waals surface area contributed by atoms with Crippen molar-refractivity contribution in [3.05, 3.63) is 0 Å². The van der Waals surface area contributed by atoms with Crippen LogP contribution in [-0.4, -0.2) is 36.5 Å². The lowest BCUT2D eigenvalue weighted by atomic mass is 10.5. The smallest absolute Gasteiger partial charge is 0.355 e. The Hall–Kier alpha value is 0.0569. The van der Waals surface area contributed by atoms with Crippen LogP contribution in [0.15, 0.2) is 0 Å². The monoisotopic (exact) mass is 194 g/mol. The summed E-state index contributed by atoms with van der Waals surface area (Å²) < 4.78 is 20.9. The Labute approximate surface area is 75.3 Å². The van der Waals surface area contributed by atoms with Gasteiger partial charge in [0, 0.05) is 27.4 Å². The van der Waals surface area contributed by atoms with Gasteiger partial charge >= 0.3 is 9.05 Å². The Morgan fingerprint density at radius 2 is 1.58 bits per heavy atom. The summed E-state index contributed by atoms with van der Waals surface area (Å²) in [7, 11) is 0.321. The molecule has 12 heavy (non-hydrogen) atoms. The van der Waals surface area contributed by atoms with E-state index in [9.17, 15) is 0 Å². The molecular formula is C7H18O4Si. The van der Waals surface area contributed by atoms with Crippen LogP contribution in [0.2, 0.25) is 0 Å². The van der Waals surface area contributed by atoms with E-state index in [1.807, 2.05) is 13.8 Å². The highest BCUT2D eigenvalue weighted by atomic mass is 28.4. The zero-order valence-corrected chi connectivity index (χ0v) is 9.25. The average molecular weight is 194 g/mol. The second-order valence-electron chi connectivity index (χ2n) is 2.19. The standard InChI is InChI=1S/C7H18O4Si/c1-5-7-11-12(8-3,9-4)10-6-2/h5-7H2,1-4H3. The van der Waals surface area contributed by atoms with Crippen LogP contribution in [0.25, 0.3) is 0 Å². The van der Waals surface area contributed by atoms with Gasteiger partial charge in [0.25, 0.3) is 0 Å². The minimum atomic E-state index is -2.76. The summed E-state index contributed by atoms with van der Waals surface area (Å²) in [6.07, 6.45) is 0.925. The highest BCUT2D eigenvalue weighted by molar-refractivity contribution is 6.53. The third-order valence-electron chi connectivity index (χ3n) is 1.30. The first-order valence-electron chi connectivity index (χ1n) is 4.12. The maximum atomic E-state index is 5.39. The van der Waals surface area contributed by atoms with E-state index >= 15 is 0 Å².